The highest BCUT2D eigenvalue weighted by Gasteiger charge is 2.12. The van der Waals surface area contributed by atoms with Crippen LogP contribution in [0.25, 0.3) is 21.8 Å². The first kappa shape index (κ1) is 13.8. The number of hydrogen-bond acceptors (Lipinski definition) is 2. The molecule has 0 bridgehead atoms. The molecule has 4 heteroatoms. The standard InChI is InChI=1S/C16H11BrClNS/c1-10-15(11-6-8-12(18)9-7-11)19-16(20-10)13-4-2-3-5-14(13)17/h2-9H,1H3. The van der Waals surface area contributed by atoms with Crippen LogP contribution in [0.15, 0.2) is 53.0 Å². The molecule has 0 aliphatic carbocycles. The second kappa shape index (κ2) is 5.68. The molecular weight excluding hydrogens is 354 g/mol. The van der Waals surface area contributed by atoms with Crippen molar-refractivity contribution in [3.05, 3.63) is 62.9 Å². The van der Waals surface area contributed by atoms with Crippen molar-refractivity contribution in [1.82, 2.24) is 4.98 Å². The van der Waals surface area contributed by atoms with Crippen molar-refractivity contribution in [1.29, 1.82) is 0 Å². The lowest BCUT2D eigenvalue weighted by atomic mass is 10.1. The van der Waals surface area contributed by atoms with E-state index >= 15 is 0 Å². The number of nitrogens with zero attached hydrogens (tertiary/aromatic N) is 1. The van der Waals surface area contributed by atoms with E-state index in [1.54, 1.807) is 11.3 Å². The average molecular weight is 365 g/mol. The van der Waals surface area contributed by atoms with Crippen LogP contribution < -0.4 is 0 Å². The molecular formula is C16H11BrClNS. The molecule has 0 saturated carbocycles. The number of thiazole rings is 1. The van der Waals surface area contributed by atoms with Gasteiger partial charge in [-0.15, -0.1) is 11.3 Å². The maximum Gasteiger partial charge on any atom is 0.125 e. The van der Waals surface area contributed by atoms with Crippen molar-refractivity contribution in [3.63, 3.8) is 0 Å². The van der Waals surface area contributed by atoms with E-state index in [-0.39, 0.29) is 0 Å². The average Bonchev–Trinajstić information content (AvgIpc) is 2.82. The molecule has 0 amide bonds. The molecule has 20 heavy (non-hydrogen) atoms. The highest BCUT2D eigenvalue weighted by molar-refractivity contribution is 9.10. The minimum atomic E-state index is 0.743. The minimum absolute atomic E-state index is 0.743. The zero-order valence-corrected chi connectivity index (χ0v) is 13.9. The molecule has 0 fully saturated rings. The van der Waals surface area contributed by atoms with Crippen molar-refractivity contribution in [2.24, 2.45) is 0 Å². The van der Waals surface area contributed by atoms with E-state index in [2.05, 4.69) is 28.9 Å². The number of rotatable bonds is 2. The summed E-state index contributed by atoms with van der Waals surface area (Å²) in [5.41, 5.74) is 3.25. The zero-order valence-electron chi connectivity index (χ0n) is 10.7. The van der Waals surface area contributed by atoms with Crippen LogP contribution in [0.5, 0.6) is 0 Å². The number of hydrogen-bond donors (Lipinski definition) is 0. The molecule has 0 N–H and O–H groups in total. The summed E-state index contributed by atoms with van der Waals surface area (Å²) in [6, 6.07) is 16.0. The smallest absolute Gasteiger partial charge is 0.125 e. The van der Waals surface area contributed by atoms with Gasteiger partial charge in [-0.25, -0.2) is 4.98 Å². The maximum atomic E-state index is 5.94. The van der Waals surface area contributed by atoms with Gasteiger partial charge in [0.2, 0.25) is 0 Å². The van der Waals surface area contributed by atoms with E-state index in [1.807, 2.05) is 42.5 Å². The molecule has 3 aromatic rings. The predicted molar refractivity (Wildman–Crippen MR) is 90.4 cm³/mol. The van der Waals surface area contributed by atoms with Crippen LogP contribution >= 0.6 is 38.9 Å². The van der Waals surface area contributed by atoms with Crippen LogP contribution in [0.2, 0.25) is 5.02 Å². The van der Waals surface area contributed by atoms with E-state index in [0.29, 0.717) is 0 Å². The number of aryl methyl sites for hydroxylation is 1. The Morgan fingerprint density at radius 1 is 1.05 bits per heavy atom. The van der Waals surface area contributed by atoms with Gasteiger partial charge in [-0.3, -0.25) is 0 Å². The third-order valence-electron chi connectivity index (χ3n) is 3.02. The van der Waals surface area contributed by atoms with Crippen molar-refractivity contribution >= 4 is 38.9 Å². The molecule has 0 unspecified atom stereocenters. The molecule has 2 aromatic carbocycles. The van der Waals surface area contributed by atoms with E-state index in [9.17, 15) is 0 Å². The van der Waals surface area contributed by atoms with Gasteiger partial charge in [-0.1, -0.05) is 57.9 Å². The summed E-state index contributed by atoms with van der Waals surface area (Å²) in [6.45, 7) is 2.10. The van der Waals surface area contributed by atoms with Crippen LogP contribution in [0.1, 0.15) is 4.88 Å². The van der Waals surface area contributed by atoms with Crippen molar-refractivity contribution in [3.8, 4) is 21.8 Å². The lowest BCUT2D eigenvalue weighted by Crippen LogP contribution is -1.82. The fraction of sp³-hybridized carbons (Fsp3) is 0.0625. The largest absolute Gasteiger partial charge is 0.236 e. The first-order valence-corrected chi connectivity index (χ1v) is 8.12. The summed E-state index contributed by atoms with van der Waals surface area (Å²) < 4.78 is 1.07. The second-order valence-corrected chi connectivity index (χ2v) is 6.90. The molecule has 0 radical (unpaired) electrons. The topological polar surface area (TPSA) is 12.9 Å². The Hall–Kier alpha value is -1.16. The Morgan fingerprint density at radius 3 is 2.45 bits per heavy atom. The Morgan fingerprint density at radius 2 is 1.75 bits per heavy atom. The van der Waals surface area contributed by atoms with E-state index in [0.717, 1.165) is 31.3 Å². The van der Waals surface area contributed by atoms with Gasteiger partial charge in [0, 0.05) is 25.5 Å². The van der Waals surface area contributed by atoms with Gasteiger partial charge in [0.25, 0.3) is 0 Å². The van der Waals surface area contributed by atoms with Gasteiger partial charge >= 0.3 is 0 Å². The molecule has 0 atom stereocenters. The summed E-state index contributed by atoms with van der Waals surface area (Å²) in [5, 5.41) is 1.77. The normalized spacial score (nSPS) is 10.8. The molecule has 1 aromatic heterocycles. The number of halogens is 2. The van der Waals surface area contributed by atoms with Crippen LogP contribution in [-0.4, -0.2) is 4.98 Å². The lowest BCUT2D eigenvalue weighted by molar-refractivity contribution is 1.37. The summed E-state index contributed by atoms with van der Waals surface area (Å²) >= 11 is 11.2. The Balaban J connectivity index is 2.08. The van der Waals surface area contributed by atoms with Gasteiger partial charge in [-0.05, 0) is 25.1 Å². The Labute approximate surface area is 135 Å². The van der Waals surface area contributed by atoms with E-state index < -0.39 is 0 Å². The van der Waals surface area contributed by atoms with Crippen LogP contribution in [0.4, 0.5) is 0 Å². The van der Waals surface area contributed by atoms with Crippen molar-refractivity contribution in [2.75, 3.05) is 0 Å². The van der Waals surface area contributed by atoms with Gasteiger partial charge in [-0.2, -0.15) is 0 Å². The molecule has 100 valence electrons. The quantitative estimate of drug-likeness (QED) is 0.527. The van der Waals surface area contributed by atoms with Gasteiger partial charge < -0.3 is 0 Å². The Bertz CT molecular complexity index is 749. The molecule has 1 heterocycles. The summed E-state index contributed by atoms with van der Waals surface area (Å²) in [4.78, 5) is 5.99. The predicted octanol–water partition coefficient (Wildman–Crippen LogP) is 6.20. The molecule has 0 saturated heterocycles. The van der Waals surface area contributed by atoms with Crippen LogP contribution in [-0.2, 0) is 0 Å². The number of benzene rings is 2. The van der Waals surface area contributed by atoms with E-state index in [4.69, 9.17) is 16.6 Å². The third-order valence-corrected chi connectivity index (χ3v) is 4.97. The minimum Gasteiger partial charge on any atom is -0.236 e. The van der Waals surface area contributed by atoms with Crippen LogP contribution in [0, 0.1) is 6.92 Å². The Kier molecular flexibility index (Phi) is 3.92. The zero-order chi connectivity index (χ0) is 14.1. The van der Waals surface area contributed by atoms with Gasteiger partial charge in [0.15, 0.2) is 0 Å². The first-order chi connectivity index (χ1) is 9.65. The molecule has 0 spiro atoms. The highest BCUT2D eigenvalue weighted by Crippen LogP contribution is 2.36. The lowest BCUT2D eigenvalue weighted by Gasteiger charge is -2.00. The molecule has 3 rings (SSSR count). The second-order valence-electron chi connectivity index (χ2n) is 4.41. The van der Waals surface area contributed by atoms with Crippen LogP contribution in [0.3, 0.4) is 0 Å². The highest BCUT2D eigenvalue weighted by atomic mass is 79.9. The summed E-state index contributed by atoms with van der Waals surface area (Å²) in [5.74, 6) is 0. The summed E-state index contributed by atoms with van der Waals surface area (Å²) in [7, 11) is 0. The third kappa shape index (κ3) is 2.66. The first-order valence-electron chi connectivity index (χ1n) is 6.13. The monoisotopic (exact) mass is 363 g/mol. The SMILES string of the molecule is Cc1sc(-c2ccccc2Br)nc1-c1ccc(Cl)cc1. The van der Waals surface area contributed by atoms with Gasteiger partial charge in [0.1, 0.15) is 5.01 Å². The fourth-order valence-electron chi connectivity index (χ4n) is 2.02. The van der Waals surface area contributed by atoms with E-state index in [1.165, 1.54) is 4.88 Å². The molecule has 1 nitrogen and oxygen atoms in total. The maximum absolute atomic E-state index is 5.94. The van der Waals surface area contributed by atoms with Crippen molar-refractivity contribution < 1.29 is 0 Å². The van der Waals surface area contributed by atoms with Crippen molar-refractivity contribution in [2.45, 2.75) is 6.92 Å². The molecule has 0 aliphatic heterocycles. The summed E-state index contributed by atoms with van der Waals surface area (Å²) in [6.07, 6.45) is 0. The number of aromatic nitrogens is 1. The fourth-order valence-corrected chi connectivity index (χ4v) is 3.73. The van der Waals surface area contributed by atoms with Gasteiger partial charge in [0.05, 0.1) is 5.69 Å². The molecule has 0 aliphatic rings.